The van der Waals surface area contributed by atoms with Crippen LogP contribution in [0.1, 0.15) is 5.56 Å². The van der Waals surface area contributed by atoms with Crippen LogP contribution in [-0.4, -0.2) is 31.0 Å². The van der Waals surface area contributed by atoms with Gasteiger partial charge >= 0.3 is 29.6 Å². The molecule has 0 saturated heterocycles. The third kappa shape index (κ3) is 7.61. The Hall–Kier alpha value is -4.54. The quantitative estimate of drug-likeness (QED) is 0.0839. The normalized spacial score (nSPS) is 12.1. The second-order valence-electron chi connectivity index (χ2n) is 10.5. The van der Waals surface area contributed by atoms with Crippen LogP contribution in [0.2, 0.25) is 0 Å². The maximum absolute atomic E-state index is 12.5. The van der Waals surface area contributed by atoms with Crippen molar-refractivity contribution in [1.29, 1.82) is 0 Å². The van der Waals surface area contributed by atoms with Gasteiger partial charge in [0.1, 0.15) is 10.6 Å². The van der Waals surface area contributed by atoms with Crippen molar-refractivity contribution in [2.24, 2.45) is 20.5 Å². The summed E-state index contributed by atoms with van der Waals surface area (Å²) in [6.45, 7) is 1.93. The molecule has 0 unspecified atom stereocenters. The molecule has 4 N–H and O–H groups in total. The standard InChI is InChI=1S/C33H25N5O7S2.Na/c1-20-7-9-23(10-8-20)35-36-30-16-15-29(27-14-12-25(19-28(27)30)46(40,41)42)37-38-32-31(47(43,44)45)18-21-17-24(11-13-26(21)33(32)39)34-22-5-3-2-4-6-22;/h2-19,34,39H,1H3,(H,40,41,42)(H,43,44,45);/q;+1. The van der Waals surface area contributed by atoms with E-state index in [1.807, 2.05) is 49.4 Å². The van der Waals surface area contributed by atoms with Gasteiger partial charge in [-0.05, 0) is 85.1 Å². The Morgan fingerprint density at radius 2 is 1.25 bits per heavy atom. The minimum absolute atomic E-state index is 0. The van der Waals surface area contributed by atoms with Crippen LogP contribution < -0.4 is 34.9 Å². The molecule has 0 aliphatic rings. The molecule has 0 fully saturated rings. The molecule has 15 heteroatoms. The van der Waals surface area contributed by atoms with Crippen LogP contribution in [0, 0.1) is 6.92 Å². The van der Waals surface area contributed by atoms with Crippen molar-refractivity contribution in [3.05, 3.63) is 115 Å². The molecule has 6 aromatic carbocycles. The predicted octanol–water partition coefficient (Wildman–Crippen LogP) is 6.08. The zero-order chi connectivity index (χ0) is 33.3. The molecule has 0 heterocycles. The third-order valence-electron chi connectivity index (χ3n) is 7.20. The predicted molar refractivity (Wildman–Crippen MR) is 178 cm³/mol. The van der Waals surface area contributed by atoms with Crippen molar-refractivity contribution in [3.8, 4) is 5.75 Å². The Morgan fingerprint density at radius 3 is 1.92 bits per heavy atom. The Kier molecular flexibility index (Phi) is 10.1. The monoisotopic (exact) mass is 690 g/mol. The van der Waals surface area contributed by atoms with Gasteiger partial charge in [-0.3, -0.25) is 9.11 Å². The molecule has 0 amide bonds. The maximum atomic E-state index is 12.5. The van der Waals surface area contributed by atoms with E-state index in [9.17, 15) is 31.0 Å². The first-order valence-corrected chi connectivity index (χ1v) is 16.8. The van der Waals surface area contributed by atoms with Gasteiger partial charge in [-0.1, -0.05) is 42.0 Å². The van der Waals surface area contributed by atoms with Crippen molar-refractivity contribution in [2.75, 3.05) is 5.32 Å². The Bertz CT molecular complexity index is 2460. The zero-order valence-corrected chi connectivity index (χ0v) is 29.1. The molecule has 0 aliphatic carbocycles. The summed E-state index contributed by atoms with van der Waals surface area (Å²) in [6, 6.07) is 29.3. The molecule has 48 heavy (non-hydrogen) atoms. The van der Waals surface area contributed by atoms with Crippen molar-refractivity contribution < 1.29 is 60.6 Å². The number of anilines is 2. The van der Waals surface area contributed by atoms with Crippen LogP contribution >= 0.6 is 0 Å². The van der Waals surface area contributed by atoms with Gasteiger partial charge in [0.15, 0.2) is 5.75 Å². The van der Waals surface area contributed by atoms with E-state index >= 15 is 0 Å². The number of rotatable bonds is 8. The van der Waals surface area contributed by atoms with E-state index in [1.165, 1.54) is 30.3 Å². The topological polar surface area (TPSA) is 190 Å². The molecule has 0 atom stereocenters. The van der Waals surface area contributed by atoms with Gasteiger partial charge in [0.25, 0.3) is 20.2 Å². The number of nitrogens with one attached hydrogen (secondary N) is 1. The molecule has 0 spiro atoms. The number of phenols is 1. The molecule has 0 bridgehead atoms. The van der Waals surface area contributed by atoms with E-state index in [0.717, 1.165) is 17.3 Å². The number of aromatic hydroxyl groups is 1. The number of hydrogen-bond acceptors (Lipinski definition) is 10. The minimum atomic E-state index is -4.89. The summed E-state index contributed by atoms with van der Waals surface area (Å²) in [5, 5.41) is 32.2. The average molecular weight is 691 g/mol. The van der Waals surface area contributed by atoms with Gasteiger partial charge in [0.05, 0.1) is 22.0 Å². The van der Waals surface area contributed by atoms with Crippen LogP contribution in [0.4, 0.5) is 34.1 Å². The smallest absolute Gasteiger partial charge is 0.505 e. The number of azo groups is 2. The van der Waals surface area contributed by atoms with Crippen LogP contribution in [0.15, 0.2) is 139 Å². The minimum Gasteiger partial charge on any atom is -0.505 e. The van der Waals surface area contributed by atoms with Gasteiger partial charge in [-0.25, -0.2) is 0 Å². The van der Waals surface area contributed by atoms with Crippen LogP contribution in [0.3, 0.4) is 0 Å². The molecule has 236 valence electrons. The van der Waals surface area contributed by atoms with Crippen LogP contribution in [-0.2, 0) is 20.2 Å². The molecule has 0 radical (unpaired) electrons. The Labute approximate surface area is 297 Å². The average Bonchev–Trinajstić information content (AvgIpc) is 3.03. The second kappa shape index (κ2) is 13.9. The van der Waals surface area contributed by atoms with E-state index in [-0.39, 0.29) is 51.7 Å². The second-order valence-corrected chi connectivity index (χ2v) is 13.3. The molecule has 6 aromatic rings. The fourth-order valence-corrected chi connectivity index (χ4v) is 6.03. The van der Waals surface area contributed by atoms with Crippen molar-refractivity contribution >= 4 is 75.9 Å². The molecule has 0 saturated carbocycles. The first kappa shape index (κ1) is 34.8. The first-order valence-electron chi connectivity index (χ1n) is 13.9. The van der Waals surface area contributed by atoms with E-state index in [4.69, 9.17) is 0 Å². The summed E-state index contributed by atoms with van der Waals surface area (Å²) in [4.78, 5) is -1.07. The molecular formula is C33H25N5NaO7S2+. The molecule has 6 rings (SSSR count). The van der Waals surface area contributed by atoms with Crippen LogP contribution in [0.25, 0.3) is 21.5 Å². The van der Waals surface area contributed by atoms with E-state index < -0.39 is 41.5 Å². The molecule has 0 aliphatic heterocycles. The molecular weight excluding hydrogens is 666 g/mol. The van der Waals surface area contributed by atoms with Crippen LogP contribution in [0.5, 0.6) is 5.75 Å². The van der Waals surface area contributed by atoms with E-state index in [0.29, 0.717) is 22.1 Å². The molecule has 12 nitrogen and oxygen atoms in total. The number of phenolic OH excluding ortho intramolecular Hbond substituents is 1. The third-order valence-corrected chi connectivity index (χ3v) is 8.91. The number of benzene rings is 6. The summed E-state index contributed by atoms with van der Waals surface area (Å²) < 4.78 is 68.5. The summed E-state index contributed by atoms with van der Waals surface area (Å²) in [6.07, 6.45) is 0. The van der Waals surface area contributed by atoms with E-state index in [1.54, 1.807) is 30.3 Å². The number of para-hydroxylation sites is 1. The Morgan fingerprint density at radius 1 is 0.604 bits per heavy atom. The summed E-state index contributed by atoms with van der Waals surface area (Å²) in [5.41, 5.74) is 2.85. The van der Waals surface area contributed by atoms with Crippen molar-refractivity contribution in [3.63, 3.8) is 0 Å². The number of nitrogens with zero attached hydrogens (tertiary/aromatic N) is 4. The first-order chi connectivity index (χ1) is 22.4. The van der Waals surface area contributed by atoms with E-state index in [2.05, 4.69) is 25.8 Å². The summed E-state index contributed by atoms with van der Waals surface area (Å²) in [7, 11) is -9.47. The molecule has 0 aromatic heterocycles. The largest absolute Gasteiger partial charge is 1.00 e. The number of aryl methyl sites for hydroxylation is 1. The van der Waals surface area contributed by atoms with Gasteiger partial charge in [-0.15, -0.1) is 15.3 Å². The van der Waals surface area contributed by atoms with Crippen molar-refractivity contribution in [2.45, 2.75) is 16.7 Å². The SMILES string of the molecule is Cc1ccc(N=Nc2ccc(N=Nc3c(S(=O)(=O)O)cc4cc(Nc5ccccc5)ccc4c3O)c3ccc(S(=O)(=O)O)cc23)cc1.[Na+]. The number of hydrogen-bond donors (Lipinski definition) is 4. The number of fused-ring (bicyclic) bond motifs is 2. The van der Waals surface area contributed by atoms with Gasteiger partial charge in [-0.2, -0.15) is 21.9 Å². The fraction of sp³-hybridized carbons (Fsp3) is 0.0303. The van der Waals surface area contributed by atoms with Gasteiger partial charge in [0.2, 0.25) is 0 Å². The Balaban J connectivity index is 0.00000451. The zero-order valence-electron chi connectivity index (χ0n) is 25.5. The maximum Gasteiger partial charge on any atom is 1.00 e. The fourth-order valence-electron chi connectivity index (χ4n) is 4.87. The van der Waals surface area contributed by atoms with Crippen molar-refractivity contribution in [1.82, 2.24) is 0 Å². The summed E-state index contributed by atoms with van der Waals surface area (Å²) >= 11 is 0. The van der Waals surface area contributed by atoms with Gasteiger partial charge in [0, 0.05) is 27.5 Å². The van der Waals surface area contributed by atoms with Gasteiger partial charge < -0.3 is 10.4 Å². The summed E-state index contributed by atoms with van der Waals surface area (Å²) in [5.74, 6) is -0.536.